The van der Waals surface area contributed by atoms with Gasteiger partial charge in [-0.25, -0.2) is 14.1 Å². The van der Waals surface area contributed by atoms with Gasteiger partial charge in [-0.3, -0.25) is 0 Å². The van der Waals surface area contributed by atoms with Gasteiger partial charge in [0.25, 0.3) is 0 Å². The fourth-order valence-electron chi connectivity index (χ4n) is 1.54. The van der Waals surface area contributed by atoms with E-state index in [-0.39, 0.29) is 11.0 Å². The lowest BCUT2D eigenvalue weighted by molar-refractivity contribution is -0.139. The molecule has 0 aliphatic rings. The zero-order valence-corrected chi connectivity index (χ0v) is 9.51. The van der Waals surface area contributed by atoms with E-state index in [2.05, 4.69) is 0 Å². The van der Waals surface area contributed by atoms with Crippen molar-refractivity contribution in [1.82, 2.24) is 4.48 Å². The molecule has 0 bridgehead atoms. The number of aryl methyl sites for hydroxylation is 1. The number of quaternary nitrogens is 1. The number of likely N-dealkylation sites (N-methyl/N-ethyl adjacent to an activating group) is 1. The van der Waals surface area contributed by atoms with Crippen molar-refractivity contribution >= 4 is 18.1 Å². The lowest BCUT2D eigenvalue weighted by Gasteiger charge is -2.24. The van der Waals surface area contributed by atoms with Crippen molar-refractivity contribution in [2.75, 3.05) is 13.6 Å². The number of carbonyl (C=O) groups excluding carboxylic acids is 1. The molecule has 1 atom stereocenters. The second-order valence-corrected chi connectivity index (χ2v) is 3.95. The standard InChI is InChI=1S/C12H15NO3/c1-3-10-4-6-11(7-5-10)13(2,9-14)8-12(15)16/h4-7,9H,3,8H2,1-2H3/p+1. The zero-order chi connectivity index (χ0) is 12.2. The van der Waals surface area contributed by atoms with E-state index in [1.165, 1.54) is 0 Å². The number of rotatable bonds is 5. The SMILES string of the molecule is CCc1ccc([N+](C)(C=O)CC(=O)O)cc1. The van der Waals surface area contributed by atoms with Gasteiger partial charge < -0.3 is 5.11 Å². The predicted molar refractivity (Wildman–Crippen MR) is 62.1 cm³/mol. The number of hydrogen-bond donors (Lipinski definition) is 1. The van der Waals surface area contributed by atoms with E-state index >= 15 is 0 Å². The first-order valence-corrected chi connectivity index (χ1v) is 5.14. The summed E-state index contributed by atoms with van der Waals surface area (Å²) in [5, 5.41) is 8.77. The lowest BCUT2D eigenvalue weighted by Crippen LogP contribution is -2.47. The summed E-state index contributed by atoms with van der Waals surface area (Å²) in [6.45, 7) is 1.80. The van der Waals surface area contributed by atoms with Crippen LogP contribution < -0.4 is 4.48 Å². The number of benzene rings is 1. The number of nitrogens with zero attached hydrogens (tertiary/aromatic N) is 1. The number of carboxylic acids is 1. The molecule has 1 aromatic carbocycles. The van der Waals surface area contributed by atoms with E-state index < -0.39 is 5.97 Å². The normalized spacial score (nSPS) is 14.1. The number of aliphatic carboxylic acids is 1. The predicted octanol–water partition coefficient (Wildman–Crippen LogP) is 1.43. The van der Waals surface area contributed by atoms with Crippen LogP contribution in [0.2, 0.25) is 0 Å². The van der Waals surface area contributed by atoms with Crippen LogP contribution >= 0.6 is 0 Å². The average molecular weight is 222 g/mol. The van der Waals surface area contributed by atoms with Gasteiger partial charge >= 0.3 is 12.4 Å². The maximum absolute atomic E-state index is 11.0. The summed E-state index contributed by atoms with van der Waals surface area (Å²) in [6.07, 6.45) is 1.57. The number of carbonyl (C=O) groups is 2. The van der Waals surface area contributed by atoms with E-state index in [0.29, 0.717) is 12.1 Å². The molecule has 0 radical (unpaired) electrons. The summed E-state index contributed by atoms with van der Waals surface area (Å²) in [5.41, 5.74) is 1.85. The highest BCUT2D eigenvalue weighted by Crippen LogP contribution is 2.19. The van der Waals surface area contributed by atoms with Crippen LogP contribution in [0.25, 0.3) is 0 Å². The third kappa shape index (κ3) is 2.67. The number of amides is 1. The Hall–Kier alpha value is -1.68. The summed E-state index contributed by atoms with van der Waals surface area (Å²) in [7, 11) is 1.59. The molecule has 0 aliphatic carbocycles. The molecule has 4 heteroatoms. The largest absolute Gasteiger partial charge is 0.477 e. The second kappa shape index (κ2) is 4.90. The monoisotopic (exact) mass is 222 g/mol. The van der Waals surface area contributed by atoms with E-state index in [4.69, 9.17) is 5.11 Å². The fraction of sp³-hybridized carbons (Fsp3) is 0.333. The minimum Gasteiger partial charge on any atom is -0.477 e. The molecule has 0 heterocycles. The third-order valence-electron chi connectivity index (χ3n) is 2.63. The van der Waals surface area contributed by atoms with Crippen molar-refractivity contribution in [3.8, 4) is 0 Å². The second-order valence-electron chi connectivity index (χ2n) is 3.95. The van der Waals surface area contributed by atoms with Crippen LogP contribution in [0.3, 0.4) is 0 Å². The Balaban J connectivity index is 3.02. The van der Waals surface area contributed by atoms with Crippen LogP contribution in [-0.2, 0) is 16.0 Å². The molecular formula is C12H16NO3+. The highest BCUT2D eigenvalue weighted by atomic mass is 16.4. The fourth-order valence-corrected chi connectivity index (χ4v) is 1.54. The minimum absolute atomic E-state index is 0.237. The van der Waals surface area contributed by atoms with Crippen molar-refractivity contribution in [3.05, 3.63) is 29.8 Å². The van der Waals surface area contributed by atoms with Gasteiger partial charge in [0.05, 0.1) is 7.05 Å². The van der Waals surface area contributed by atoms with E-state index in [1.807, 2.05) is 19.1 Å². The molecule has 1 N–H and O–H groups in total. The van der Waals surface area contributed by atoms with Crippen molar-refractivity contribution < 1.29 is 14.7 Å². The molecular weight excluding hydrogens is 206 g/mol. The quantitative estimate of drug-likeness (QED) is 0.605. The van der Waals surface area contributed by atoms with Crippen LogP contribution in [-0.4, -0.2) is 31.1 Å². The van der Waals surface area contributed by atoms with Gasteiger partial charge in [0.1, 0.15) is 5.69 Å². The van der Waals surface area contributed by atoms with E-state index in [0.717, 1.165) is 12.0 Å². The number of carboxylic acid groups (broad SMARTS) is 1. The maximum Gasteiger partial charge on any atom is 0.360 e. The highest BCUT2D eigenvalue weighted by molar-refractivity contribution is 5.80. The van der Waals surface area contributed by atoms with Crippen LogP contribution in [0.4, 0.5) is 5.69 Å². The maximum atomic E-state index is 11.0. The van der Waals surface area contributed by atoms with E-state index in [9.17, 15) is 9.59 Å². The molecule has 0 saturated heterocycles. The molecule has 16 heavy (non-hydrogen) atoms. The Bertz CT molecular complexity index is 386. The van der Waals surface area contributed by atoms with Crippen molar-refractivity contribution in [2.45, 2.75) is 13.3 Å². The molecule has 4 nitrogen and oxygen atoms in total. The van der Waals surface area contributed by atoms with Crippen molar-refractivity contribution in [3.63, 3.8) is 0 Å². The molecule has 0 aliphatic heterocycles. The van der Waals surface area contributed by atoms with Gasteiger partial charge in [-0.2, -0.15) is 0 Å². The minimum atomic E-state index is -0.992. The molecule has 1 rings (SSSR count). The molecule has 0 aromatic heterocycles. The first kappa shape index (κ1) is 12.4. The molecule has 0 saturated carbocycles. The molecule has 0 fully saturated rings. The molecule has 86 valence electrons. The number of hydrogen-bond acceptors (Lipinski definition) is 2. The molecule has 1 aromatic rings. The van der Waals surface area contributed by atoms with Crippen LogP contribution in [0.1, 0.15) is 12.5 Å². The highest BCUT2D eigenvalue weighted by Gasteiger charge is 2.27. The van der Waals surface area contributed by atoms with Gasteiger partial charge in [-0.15, -0.1) is 0 Å². The van der Waals surface area contributed by atoms with Gasteiger partial charge in [0, 0.05) is 0 Å². The van der Waals surface area contributed by atoms with Crippen LogP contribution in [0.5, 0.6) is 0 Å². The van der Waals surface area contributed by atoms with Crippen molar-refractivity contribution in [1.29, 1.82) is 0 Å². The average Bonchev–Trinajstić information content (AvgIpc) is 2.28. The summed E-state index contributed by atoms with van der Waals surface area (Å²) < 4.78 is -0.237. The Morgan fingerprint density at radius 3 is 2.31 bits per heavy atom. The third-order valence-corrected chi connectivity index (χ3v) is 2.63. The van der Waals surface area contributed by atoms with Crippen LogP contribution in [0, 0.1) is 0 Å². The Morgan fingerprint density at radius 2 is 1.94 bits per heavy atom. The molecule has 0 spiro atoms. The zero-order valence-electron chi connectivity index (χ0n) is 9.51. The first-order chi connectivity index (χ1) is 7.51. The van der Waals surface area contributed by atoms with Gasteiger partial charge in [-0.05, 0) is 24.1 Å². The van der Waals surface area contributed by atoms with Crippen LogP contribution in [0.15, 0.2) is 24.3 Å². The Kier molecular flexibility index (Phi) is 3.79. The van der Waals surface area contributed by atoms with Gasteiger partial charge in [0.15, 0.2) is 6.54 Å². The van der Waals surface area contributed by atoms with Gasteiger partial charge in [0.2, 0.25) is 0 Å². The first-order valence-electron chi connectivity index (χ1n) is 5.14. The molecule has 1 amide bonds. The van der Waals surface area contributed by atoms with E-state index in [1.54, 1.807) is 19.2 Å². The van der Waals surface area contributed by atoms with Crippen molar-refractivity contribution in [2.24, 2.45) is 0 Å². The molecule has 1 unspecified atom stereocenters. The topological polar surface area (TPSA) is 54.4 Å². The summed E-state index contributed by atoms with van der Waals surface area (Å²) in [4.78, 5) is 21.7. The summed E-state index contributed by atoms with van der Waals surface area (Å²) in [6, 6.07) is 7.43. The Morgan fingerprint density at radius 1 is 1.38 bits per heavy atom. The Labute approximate surface area is 94.7 Å². The summed E-state index contributed by atoms with van der Waals surface area (Å²) >= 11 is 0. The summed E-state index contributed by atoms with van der Waals surface area (Å²) in [5.74, 6) is -0.992. The van der Waals surface area contributed by atoms with Gasteiger partial charge in [-0.1, -0.05) is 19.1 Å². The smallest absolute Gasteiger partial charge is 0.360 e. The lowest BCUT2D eigenvalue weighted by atomic mass is 10.1.